The molecule has 2 N–H and O–H groups in total. The molecular weight excluding hydrogens is 507 g/mol. The van der Waals surface area contributed by atoms with Gasteiger partial charge in [0.25, 0.3) is 11.8 Å². The van der Waals surface area contributed by atoms with Crippen LogP contribution in [-0.4, -0.2) is 66.1 Å². The number of carbonyl (C=O) groups excluding carboxylic acids is 2. The predicted molar refractivity (Wildman–Crippen MR) is 148 cm³/mol. The van der Waals surface area contributed by atoms with Crippen molar-refractivity contribution in [3.8, 4) is 0 Å². The summed E-state index contributed by atoms with van der Waals surface area (Å²) in [5.74, 6) is -0.271. The highest BCUT2D eigenvalue weighted by atomic mass is 35.5. The molecule has 2 aromatic carbocycles. The van der Waals surface area contributed by atoms with Crippen LogP contribution in [0, 0.1) is 5.82 Å². The van der Waals surface area contributed by atoms with Crippen molar-refractivity contribution >= 4 is 35.1 Å². The van der Waals surface area contributed by atoms with Gasteiger partial charge in [-0.1, -0.05) is 18.2 Å². The highest BCUT2D eigenvalue weighted by Crippen LogP contribution is 2.33. The first kappa shape index (κ1) is 28.1. The molecule has 0 unspecified atom stereocenters. The van der Waals surface area contributed by atoms with E-state index < -0.39 is 0 Å². The molecule has 9 heteroatoms. The van der Waals surface area contributed by atoms with Gasteiger partial charge >= 0.3 is 0 Å². The van der Waals surface area contributed by atoms with E-state index in [1.165, 1.54) is 6.07 Å². The van der Waals surface area contributed by atoms with Gasteiger partial charge in [0.2, 0.25) is 0 Å². The Bertz CT molecular complexity index is 1300. The van der Waals surface area contributed by atoms with E-state index in [1.54, 1.807) is 13.2 Å². The van der Waals surface area contributed by atoms with Gasteiger partial charge in [0, 0.05) is 69.0 Å². The van der Waals surface area contributed by atoms with Crippen molar-refractivity contribution in [3.63, 3.8) is 0 Å². The maximum absolute atomic E-state index is 14.6. The third kappa shape index (κ3) is 5.44. The Balaban J connectivity index is 0.00000336. The zero-order valence-corrected chi connectivity index (χ0v) is 22.6. The Morgan fingerprint density at radius 2 is 1.68 bits per heavy atom. The van der Waals surface area contributed by atoms with Crippen LogP contribution in [-0.2, 0) is 17.8 Å². The zero-order valence-electron chi connectivity index (χ0n) is 21.8. The lowest BCUT2D eigenvalue weighted by atomic mass is 9.88. The lowest BCUT2D eigenvalue weighted by molar-refractivity contribution is 0.0714. The molecule has 204 valence electrons. The molecule has 0 aliphatic carbocycles. The van der Waals surface area contributed by atoms with E-state index in [1.807, 2.05) is 44.8 Å². The first-order valence-corrected chi connectivity index (χ1v) is 13.2. The summed E-state index contributed by atoms with van der Waals surface area (Å²) < 4.78 is 21.9. The number of fused-ring (bicyclic) bond motifs is 1. The molecule has 5 rings (SSSR count). The molecule has 0 saturated carbocycles. The summed E-state index contributed by atoms with van der Waals surface area (Å²) in [5.41, 5.74) is 9.35. The fourth-order valence-corrected chi connectivity index (χ4v) is 5.76. The van der Waals surface area contributed by atoms with E-state index in [9.17, 15) is 14.0 Å². The second-order valence-electron chi connectivity index (χ2n) is 10.1. The summed E-state index contributed by atoms with van der Waals surface area (Å²) in [4.78, 5) is 31.0. The van der Waals surface area contributed by atoms with Crippen LogP contribution in [0.5, 0.6) is 0 Å². The first-order valence-electron chi connectivity index (χ1n) is 13.2. The van der Waals surface area contributed by atoms with Gasteiger partial charge in [0.05, 0.1) is 12.2 Å². The third-order valence-corrected chi connectivity index (χ3v) is 7.81. The molecule has 0 atom stereocenters. The molecule has 2 aliphatic heterocycles. The number of ether oxygens (including phenoxy) is 1. The minimum atomic E-state index is -0.215. The molecule has 3 aromatic rings. The average molecular weight is 543 g/mol. The lowest BCUT2D eigenvalue weighted by Gasteiger charge is -2.32. The monoisotopic (exact) mass is 542 g/mol. The van der Waals surface area contributed by atoms with Gasteiger partial charge in [0.1, 0.15) is 5.82 Å². The fourth-order valence-electron chi connectivity index (χ4n) is 5.76. The van der Waals surface area contributed by atoms with Crippen molar-refractivity contribution in [1.82, 2.24) is 14.4 Å². The number of nitrogens with two attached hydrogens (primary N) is 1. The Morgan fingerprint density at radius 3 is 2.37 bits per heavy atom. The molecule has 38 heavy (non-hydrogen) atoms. The topological polar surface area (TPSA) is 80.8 Å². The van der Waals surface area contributed by atoms with E-state index >= 15 is 0 Å². The molecule has 2 saturated heterocycles. The van der Waals surface area contributed by atoms with Crippen LogP contribution in [0.3, 0.4) is 0 Å². The minimum Gasteiger partial charge on any atom is -0.383 e. The summed E-state index contributed by atoms with van der Waals surface area (Å²) in [6, 6.07) is 10.7. The number of halogens is 2. The van der Waals surface area contributed by atoms with Crippen LogP contribution in [0.2, 0.25) is 0 Å². The van der Waals surface area contributed by atoms with Gasteiger partial charge in [-0.3, -0.25) is 9.59 Å². The Labute approximate surface area is 229 Å². The third-order valence-electron chi connectivity index (χ3n) is 7.81. The molecule has 3 heterocycles. The summed E-state index contributed by atoms with van der Waals surface area (Å²) in [5, 5.41) is 0.712. The van der Waals surface area contributed by atoms with E-state index in [4.69, 9.17) is 10.5 Å². The van der Waals surface area contributed by atoms with Gasteiger partial charge < -0.3 is 24.8 Å². The summed E-state index contributed by atoms with van der Waals surface area (Å²) >= 11 is 0. The summed E-state index contributed by atoms with van der Waals surface area (Å²) in [6.45, 7) is 4.01. The van der Waals surface area contributed by atoms with Crippen molar-refractivity contribution < 1.29 is 18.7 Å². The van der Waals surface area contributed by atoms with Crippen molar-refractivity contribution in [2.75, 3.05) is 39.9 Å². The maximum atomic E-state index is 14.6. The van der Waals surface area contributed by atoms with Crippen molar-refractivity contribution in [3.05, 3.63) is 70.7 Å². The van der Waals surface area contributed by atoms with E-state index in [0.29, 0.717) is 67.7 Å². The number of likely N-dealkylation sites (tertiary alicyclic amines) is 2. The van der Waals surface area contributed by atoms with E-state index in [2.05, 4.69) is 0 Å². The summed E-state index contributed by atoms with van der Waals surface area (Å²) in [7, 11) is 1.65. The molecule has 0 radical (unpaired) electrons. The van der Waals surface area contributed by atoms with Crippen molar-refractivity contribution in [2.45, 2.75) is 44.7 Å². The first-order chi connectivity index (χ1) is 18.0. The Kier molecular flexibility index (Phi) is 9.07. The molecule has 7 nitrogen and oxygen atoms in total. The number of carbonyl (C=O) groups is 2. The van der Waals surface area contributed by atoms with Crippen molar-refractivity contribution in [2.24, 2.45) is 5.73 Å². The fraction of sp³-hybridized carbons (Fsp3) is 0.448. The number of hydrogen-bond donors (Lipinski definition) is 1. The van der Waals surface area contributed by atoms with Crippen LogP contribution < -0.4 is 5.73 Å². The molecule has 0 spiro atoms. The van der Waals surface area contributed by atoms with Crippen LogP contribution in [0.4, 0.5) is 4.39 Å². The number of hydrogen-bond acceptors (Lipinski definition) is 4. The zero-order chi connectivity index (χ0) is 25.9. The van der Waals surface area contributed by atoms with Gasteiger partial charge in [-0.2, -0.15) is 0 Å². The van der Waals surface area contributed by atoms with Crippen LogP contribution in [0.1, 0.15) is 63.4 Å². The van der Waals surface area contributed by atoms with Crippen molar-refractivity contribution in [1.29, 1.82) is 0 Å². The SMILES string of the molecule is COCCn1cc(C(=O)N2CCC(c3cc(CN)ccc3F)CC2)c2c(C(=O)N3CCCC3)cccc21.Cl. The quantitative estimate of drug-likeness (QED) is 0.474. The number of methoxy groups -OCH3 is 1. The minimum absolute atomic E-state index is 0. The van der Waals surface area contributed by atoms with Crippen LogP contribution in [0.25, 0.3) is 10.9 Å². The van der Waals surface area contributed by atoms with E-state index in [0.717, 1.165) is 37.0 Å². The van der Waals surface area contributed by atoms with Gasteiger partial charge in [0.15, 0.2) is 0 Å². The Hall–Kier alpha value is -2.94. The van der Waals surface area contributed by atoms with Crippen LogP contribution in [0.15, 0.2) is 42.6 Å². The van der Waals surface area contributed by atoms with Crippen LogP contribution >= 0.6 is 12.4 Å². The molecule has 1 aromatic heterocycles. The normalized spacial score (nSPS) is 16.2. The lowest BCUT2D eigenvalue weighted by Crippen LogP contribution is -2.38. The largest absolute Gasteiger partial charge is 0.383 e. The molecule has 0 bridgehead atoms. The predicted octanol–water partition coefficient (Wildman–Crippen LogP) is 4.56. The highest BCUT2D eigenvalue weighted by molar-refractivity contribution is 6.15. The molecule has 2 aliphatic rings. The smallest absolute Gasteiger partial charge is 0.256 e. The molecule has 2 amide bonds. The highest BCUT2D eigenvalue weighted by Gasteiger charge is 2.30. The molecular formula is C29H36ClFN4O3. The number of amides is 2. The number of aromatic nitrogens is 1. The second-order valence-corrected chi connectivity index (χ2v) is 10.1. The number of nitrogens with zero attached hydrogens (tertiary/aromatic N) is 3. The standard InChI is InChI=1S/C29H35FN4O3.ClH/c1-37-16-15-34-19-24(27-22(5-4-6-26(27)34)28(35)32-11-2-3-12-32)29(36)33-13-9-21(10-14-33)23-17-20(18-31)7-8-25(23)30;/h4-8,17,19,21H,2-3,9-16,18,31H2,1H3;1H. The number of rotatable bonds is 7. The summed E-state index contributed by atoms with van der Waals surface area (Å²) in [6.07, 6.45) is 5.23. The number of piperidine rings is 1. The number of benzene rings is 2. The van der Waals surface area contributed by atoms with Gasteiger partial charge in [-0.25, -0.2) is 4.39 Å². The van der Waals surface area contributed by atoms with Gasteiger partial charge in [-0.05, 0) is 60.9 Å². The van der Waals surface area contributed by atoms with Gasteiger partial charge in [-0.15, -0.1) is 12.4 Å². The second kappa shape index (κ2) is 12.3. The maximum Gasteiger partial charge on any atom is 0.256 e. The molecule has 2 fully saturated rings. The Morgan fingerprint density at radius 1 is 1.00 bits per heavy atom. The average Bonchev–Trinajstić information content (AvgIpc) is 3.60. The van der Waals surface area contributed by atoms with E-state index in [-0.39, 0.29) is 36.0 Å².